The molecular formula is C10H8F3N2O2. The summed E-state index contributed by atoms with van der Waals surface area (Å²) in [5.41, 5.74) is -1.43. The predicted octanol–water partition coefficient (Wildman–Crippen LogP) is 2.19. The molecule has 0 saturated heterocycles. The summed E-state index contributed by atoms with van der Waals surface area (Å²) in [6, 6.07) is 3.36. The molecule has 0 bridgehead atoms. The Hall–Kier alpha value is -2.05. The molecule has 91 valence electrons. The monoisotopic (exact) mass is 245 g/mol. The number of rotatable bonds is 1. The van der Waals surface area contributed by atoms with E-state index in [2.05, 4.69) is 6.92 Å². The highest BCUT2D eigenvalue weighted by molar-refractivity contribution is 6.02. The van der Waals surface area contributed by atoms with E-state index in [-0.39, 0.29) is 0 Å². The van der Waals surface area contributed by atoms with Crippen molar-refractivity contribution < 1.29 is 22.8 Å². The number of imide groups is 1. The van der Waals surface area contributed by atoms with Crippen LogP contribution in [-0.4, -0.2) is 11.9 Å². The maximum Gasteiger partial charge on any atom is 0.418 e. The fraction of sp³-hybridized carbons (Fsp3) is 0.100. The van der Waals surface area contributed by atoms with E-state index in [9.17, 15) is 22.8 Å². The van der Waals surface area contributed by atoms with Crippen molar-refractivity contribution in [2.24, 2.45) is 0 Å². The highest BCUT2D eigenvalue weighted by Gasteiger charge is 2.33. The third-order valence-electron chi connectivity index (χ3n) is 1.73. The van der Waals surface area contributed by atoms with Gasteiger partial charge in [-0.1, -0.05) is 12.1 Å². The number of carbonyl (C=O) groups excluding carboxylic acids is 2. The van der Waals surface area contributed by atoms with Crippen molar-refractivity contribution in [1.82, 2.24) is 5.32 Å². The van der Waals surface area contributed by atoms with E-state index in [1.165, 1.54) is 12.1 Å². The quantitative estimate of drug-likeness (QED) is 0.796. The highest BCUT2D eigenvalue weighted by atomic mass is 19.4. The van der Waals surface area contributed by atoms with Crippen LogP contribution in [0.15, 0.2) is 24.3 Å². The van der Waals surface area contributed by atoms with Crippen molar-refractivity contribution >= 4 is 17.6 Å². The summed E-state index contributed by atoms with van der Waals surface area (Å²) >= 11 is 0. The Morgan fingerprint density at radius 2 is 1.76 bits per heavy atom. The molecule has 0 heterocycles. The summed E-state index contributed by atoms with van der Waals surface area (Å²) in [5, 5.41) is 3.62. The van der Waals surface area contributed by atoms with Gasteiger partial charge in [-0.15, -0.1) is 0 Å². The first-order chi connectivity index (χ1) is 7.80. The van der Waals surface area contributed by atoms with Crippen molar-refractivity contribution in [1.29, 1.82) is 0 Å². The van der Waals surface area contributed by atoms with Crippen molar-refractivity contribution in [3.8, 4) is 0 Å². The number of anilines is 1. The van der Waals surface area contributed by atoms with Gasteiger partial charge in [0.05, 0.1) is 11.3 Å². The van der Waals surface area contributed by atoms with Crippen LogP contribution < -0.4 is 10.6 Å². The Morgan fingerprint density at radius 1 is 1.18 bits per heavy atom. The lowest BCUT2D eigenvalue weighted by molar-refractivity contribution is -0.136. The third kappa shape index (κ3) is 3.78. The van der Waals surface area contributed by atoms with Crippen LogP contribution in [0.2, 0.25) is 0 Å². The summed E-state index contributed by atoms with van der Waals surface area (Å²) in [6.45, 7) is 2.86. The number of amides is 3. The Labute approximate surface area is 94.8 Å². The van der Waals surface area contributed by atoms with E-state index in [0.29, 0.717) is 0 Å². The molecule has 0 spiro atoms. The molecule has 0 aliphatic heterocycles. The van der Waals surface area contributed by atoms with Gasteiger partial charge in [-0.05, 0) is 12.1 Å². The van der Waals surface area contributed by atoms with E-state index >= 15 is 0 Å². The van der Waals surface area contributed by atoms with Crippen molar-refractivity contribution in [3.63, 3.8) is 0 Å². The molecule has 3 amide bonds. The van der Waals surface area contributed by atoms with Crippen LogP contribution >= 0.6 is 0 Å². The zero-order valence-electron chi connectivity index (χ0n) is 8.47. The van der Waals surface area contributed by atoms with Gasteiger partial charge in [-0.25, -0.2) is 4.79 Å². The fourth-order valence-corrected chi connectivity index (χ4v) is 1.12. The molecule has 4 nitrogen and oxygen atoms in total. The lowest BCUT2D eigenvalue weighted by Crippen LogP contribution is -2.33. The minimum Gasteiger partial charge on any atom is -0.307 e. The van der Waals surface area contributed by atoms with Crippen molar-refractivity contribution in [3.05, 3.63) is 36.8 Å². The summed E-state index contributed by atoms with van der Waals surface area (Å²) in [6.07, 6.45) is -4.58. The van der Waals surface area contributed by atoms with E-state index < -0.39 is 29.4 Å². The molecule has 17 heavy (non-hydrogen) atoms. The van der Waals surface area contributed by atoms with E-state index in [4.69, 9.17) is 0 Å². The van der Waals surface area contributed by atoms with Crippen LogP contribution in [-0.2, 0) is 11.0 Å². The topological polar surface area (TPSA) is 58.2 Å². The van der Waals surface area contributed by atoms with Gasteiger partial charge in [0.2, 0.25) is 5.91 Å². The van der Waals surface area contributed by atoms with Crippen LogP contribution in [0, 0.1) is 6.92 Å². The molecule has 0 aromatic heterocycles. The predicted molar refractivity (Wildman–Crippen MR) is 54.0 cm³/mol. The smallest absolute Gasteiger partial charge is 0.307 e. The number of hydrogen-bond acceptors (Lipinski definition) is 2. The number of alkyl halides is 3. The van der Waals surface area contributed by atoms with E-state index in [0.717, 1.165) is 12.1 Å². The lowest BCUT2D eigenvalue weighted by atomic mass is 10.1. The molecule has 0 fully saturated rings. The normalized spacial score (nSPS) is 10.8. The zero-order chi connectivity index (χ0) is 13.1. The molecule has 1 radical (unpaired) electrons. The van der Waals surface area contributed by atoms with Crippen molar-refractivity contribution in [2.75, 3.05) is 5.32 Å². The van der Waals surface area contributed by atoms with Gasteiger partial charge < -0.3 is 5.32 Å². The highest BCUT2D eigenvalue weighted by Crippen LogP contribution is 2.34. The van der Waals surface area contributed by atoms with Crippen LogP contribution in [0.5, 0.6) is 0 Å². The molecule has 2 N–H and O–H groups in total. The largest absolute Gasteiger partial charge is 0.418 e. The minimum absolute atomic E-state index is 0.432. The summed E-state index contributed by atoms with van der Waals surface area (Å²) < 4.78 is 37.5. The first-order valence-corrected chi connectivity index (χ1v) is 4.41. The van der Waals surface area contributed by atoms with Gasteiger partial charge >= 0.3 is 12.2 Å². The van der Waals surface area contributed by atoms with E-state index in [1.54, 1.807) is 5.32 Å². The van der Waals surface area contributed by atoms with Gasteiger partial charge in [-0.3, -0.25) is 10.1 Å². The summed E-state index contributed by atoms with van der Waals surface area (Å²) in [5.74, 6) is -0.910. The number of carbonyl (C=O) groups is 2. The molecule has 0 unspecified atom stereocenters. The molecule has 1 aromatic rings. The van der Waals surface area contributed by atoms with Gasteiger partial charge in [0, 0.05) is 6.92 Å². The maximum atomic E-state index is 12.5. The number of nitrogens with one attached hydrogen (secondary N) is 2. The second kappa shape index (κ2) is 4.86. The first-order valence-electron chi connectivity index (χ1n) is 4.41. The van der Waals surface area contributed by atoms with Gasteiger partial charge in [0.1, 0.15) is 0 Å². The Balaban J connectivity index is 2.92. The van der Waals surface area contributed by atoms with Crippen molar-refractivity contribution in [2.45, 2.75) is 6.18 Å². The fourth-order valence-electron chi connectivity index (χ4n) is 1.12. The zero-order valence-corrected chi connectivity index (χ0v) is 8.47. The van der Waals surface area contributed by atoms with Crippen LogP contribution in [0.1, 0.15) is 5.56 Å². The molecule has 0 atom stereocenters. The Morgan fingerprint density at radius 3 is 2.29 bits per heavy atom. The van der Waals surface area contributed by atoms with Gasteiger partial charge in [-0.2, -0.15) is 13.2 Å². The number of benzene rings is 1. The van der Waals surface area contributed by atoms with Crippen LogP contribution in [0.3, 0.4) is 0 Å². The van der Waals surface area contributed by atoms with Crippen LogP contribution in [0.25, 0.3) is 0 Å². The SMILES string of the molecule is [CH2]C(=O)NC(=O)Nc1ccccc1C(F)(F)F. The average Bonchev–Trinajstić information content (AvgIpc) is 2.15. The second-order valence-electron chi connectivity index (χ2n) is 3.05. The molecule has 0 aliphatic carbocycles. The second-order valence-corrected chi connectivity index (χ2v) is 3.05. The Bertz CT molecular complexity index is 443. The molecule has 1 aromatic carbocycles. The molecular weight excluding hydrogens is 237 g/mol. The standard InChI is InChI=1S/C10H8F3N2O2/c1-6(16)14-9(17)15-8-5-3-2-4-7(8)10(11,12)13/h2-5H,1H2,(H2,14,15,16,17). The van der Waals surface area contributed by atoms with E-state index in [1.807, 2.05) is 5.32 Å². The third-order valence-corrected chi connectivity index (χ3v) is 1.73. The molecule has 7 heteroatoms. The average molecular weight is 245 g/mol. The Kier molecular flexibility index (Phi) is 3.72. The molecule has 1 rings (SSSR count). The number of hydrogen-bond donors (Lipinski definition) is 2. The number of para-hydroxylation sites is 1. The lowest BCUT2D eigenvalue weighted by Gasteiger charge is -2.13. The first kappa shape index (κ1) is 13.0. The molecule has 0 aliphatic rings. The number of urea groups is 1. The van der Waals surface area contributed by atoms with Crippen LogP contribution in [0.4, 0.5) is 23.7 Å². The number of halogens is 3. The summed E-state index contributed by atoms with van der Waals surface area (Å²) in [7, 11) is 0. The van der Waals surface area contributed by atoms with Gasteiger partial charge in [0.25, 0.3) is 0 Å². The van der Waals surface area contributed by atoms with Gasteiger partial charge in [0.15, 0.2) is 0 Å². The molecule has 0 saturated carbocycles. The maximum absolute atomic E-state index is 12.5. The summed E-state index contributed by atoms with van der Waals surface area (Å²) in [4.78, 5) is 21.5. The minimum atomic E-state index is -4.58.